The number of hydrogen-bond acceptors (Lipinski definition) is 1. The van der Waals surface area contributed by atoms with Crippen LogP contribution in [0.1, 0.15) is 20.8 Å². The van der Waals surface area contributed by atoms with Crippen molar-refractivity contribution in [3.63, 3.8) is 0 Å². The van der Waals surface area contributed by atoms with Crippen LogP contribution in [0, 0.1) is 0 Å². The van der Waals surface area contributed by atoms with Crippen molar-refractivity contribution >= 4 is 60.4 Å². The normalized spacial score (nSPS) is 11.9. The van der Waals surface area contributed by atoms with Gasteiger partial charge in [0.05, 0.1) is 5.52 Å². The fraction of sp³-hybridized carbons (Fsp3) is 0.0833. The Hall–Kier alpha value is -6.12. The number of fused-ring (bicyclic) bond motifs is 5. The summed E-state index contributed by atoms with van der Waals surface area (Å²) in [5.74, 6) is 0. The SMILES string of the molecule is CC(C)(C)n1c2ccccc2c2ccc(N(c3ccc(-c4ccc5ccccc5c4-c4ccccc4)cc3)c3ccc4ccccc4c3)cc21. The van der Waals surface area contributed by atoms with Crippen LogP contribution < -0.4 is 4.90 Å². The van der Waals surface area contributed by atoms with Crippen molar-refractivity contribution in [1.82, 2.24) is 4.57 Å². The van der Waals surface area contributed by atoms with E-state index in [1.54, 1.807) is 0 Å². The Morgan fingerprint density at radius 1 is 0.400 bits per heavy atom. The topological polar surface area (TPSA) is 8.17 Å². The minimum absolute atomic E-state index is 0.0915. The van der Waals surface area contributed by atoms with E-state index in [0.717, 1.165) is 17.1 Å². The fourth-order valence-corrected chi connectivity index (χ4v) is 7.80. The summed E-state index contributed by atoms with van der Waals surface area (Å²) < 4.78 is 2.49. The van der Waals surface area contributed by atoms with Gasteiger partial charge in [-0.15, -0.1) is 0 Å². The van der Waals surface area contributed by atoms with E-state index in [-0.39, 0.29) is 5.54 Å². The van der Waals surface area contributed by atoms with Crippen LogP contribution >= 0.6 is 0 Å². The maximum absolute atomic E-state index is 2.49. The number of hydrogen-bond donors (Lipinski definition) is 0. The third-order valence-corrected chi connectivity index (χ3v) is 10.0. The fourth-order valence-electron chi connectivity index (χ4n) is 7.80. The highest BCUT2D eigenvalue weighted by atomic mass is 15.1. The summed E-state index contributed by atoms with van der Waals surface area (Å²) in [6.07, 6.45) is 0. The molecule has 0 aliphatic carbocycles. The molecule has 0 saturated carbocycles. The lowest BCUT2D eigenvalue weighted by Crippen LogP contribution is -2.21. The minimum atomic E-state index is -0.0915. The van der Waals surface area contributed by atoms with E-state index in [1.807, 2.05) is 0 Å². The lowest BCUT2D eigenvalue weighted by Gasteiger charge is -2.28. The predicted octanol–water partition coefficient (Wildman–Crippen LogP) is 13.7. The molecule has 0 N–H and O–H groups in total. The molecule has 8 aromatic carbocycles. The van der Waals surface area contributed by atoms with Gasteiger partial charge in [0.1, 0.15) is 0 Å². The molecule has 1 aromatic heterocycles. The number of aromatic nitrogens is 1. The summed E-state index contributed by atoms with van der Waals surface area (Å²) in [5.41, 5.74) is 10.7. The summed E-state index contributed by atoms with van der Waals surface area (Å²) in [4.78, 5) is 2.40. The molecule has 0 unspecified atom stereocenters. The summed E-state index contributed by atoms with van der Waals surface area (Å²) in [5, 5.41) is 7.53. The van der Waals surface area contributed by atoms with E-state index in [9.17, 15) is 0 Å². The zero-order valence-electron chi connectivity index (χ0n) is 28.6. The van der Waals surface area contributed by atoms with Crippen molar-refractivity contribution < 1.29 is 0 Å². The van der Waals surface area contributed by atoms with Crippen LogP contribution in [0.3, 0.4) is 0 Å². The average molecular weight is 643 g/mol. The molecule has 2 heteroatoms. The van der Waals surface area contributed by atoms with E-state index in [2.05, 4.69) is 206 Å². The summed E-state index contributed by atoms with van der Waals surface area (Å²) in [7, 11) is 0. The van der Waals surface area contributed by atoms with Gasteiger partial charge in [-0.05, 0) is 107 Å². The van der Waals surface area contributed by atoms with Crippen molar-refractivity contribution in [2.75, 3.05) is 4.90 Å². The van der Waals surface area contributed by atoms with Crippen LogP contribution in [0.4, 0.5) is 17.1 Å². The van der Waals surface area contributed by atoms with Gasteiger partial charge in [-0.25, -0.2) is 0 Å². The molecule has 50 heavy (non-hydrogen) atoms. The van der Waals surface area contributed by atoms with E-state index in [0.29, 0.717) is 0 Å². The summed E-state index contributed by atoms with van der Waals surface area (Å²) >= 11 is 0. The highest BCUT2D eigenvalue weighted by Gasteiger charge is 2.22. The van der Waals surface area contributed by atoms with Crippen LogP contribution in [0.5, 0.6) is 0 Å². The van der Waals surface area contributed by atoms with Crippen molar-refractivity contribution in [2.45, 2.75) is 26.3 Å². The Morgan fingerprint density at radius 3 is 1.76 bits per heavy atom. The first kappa shape index (κ1) is 30.0. The van der Waals surface area contributed by atoms with E-state index in [1.165, 1.54) is 65.6 Å². The molecule has 9 rings (SSSR count). The van der Waals surface area contributed by atoms with Gasteiger partial charge in [-0.1, -0.05) is 133 Å². The van der Waals surface area contributed by atoms with Gasteiger partial charge in [-0.2, -0.15) is 0 Å². The van der Waals surface area contributed by atoms with Crippen LogP contribution in [0.25, 0.3) is 65.6 Å². The molecule has 0 saturated heterocycles. The lowest BCUT2D eigenvalue weighted by atomic mass is 9.90. The molecule has 9 aromatic rings. The van der Waals surface area contributed by atoms with Crippen LogP contribution in [-0.2, 0) is 5.54 Å². The molecule has 0 aliphatic heterocycles. The van der Waals surface area contributed by atoms with Gasteiger partial charge >= 0.3 is 0 Å². The Morgan fingerprint density at radius 2 is 0.980 bits per heavy atom. The zero-order chi connectivity index (χ0) is 33.8. The van der Waals surface area contributed by atoms with E-state index < -0.39 is 0 Å². The van der Waals surface area contributed by atoms with Crippen molar-refractivity contribution in [3.05, 3.63) is 176 Å². The van der Waals surface area contributed by atoms with Gasteiger partial charge in [0.15, 0.2) is 0 Å². The number of para-hydroxylation sites is 1. The number of benzene rings is 8. The van der Waals surface area contributed by atoms with Gasteiger partial charge in [-0.3, -0.25) is 0 Å². The molecule has 0 spiro atoms. The molecule has 1 heterocycles. The van der Waals surface area contributed by atoms with Crippen LogP contribution in [-0.4, -0.2) is 4.57 Å². The highest BCUT2D eigenvalue weighted by Crippen LogP contribution is 2.43. The Bertz CT molecular complexity index is 2670. The van der Waals surface area contributed by atoms with E-state index in [4.69, 9.17) is 0 Å². The third kappa shape index (κ3) is 5.04. The smallest absolute Gasteiger partial charge is 0.0517 e. The van der Waals surface area contributed by atoms with E-state index >= 15 is 0 Å². The van der Waals surface area contributed by atoms with Crippen LogP contribution in [0.15, 0.2) is 176 Å². The number of nitrogens with zero attached hydrogens (tertiary/aromatic N) is 2. The quantitative estimate of drug-likeness (QED) is 0.181. The molecular formula is C48H38N2. The Kier molecular flexibility index (Phi) is 7.07. The highest BCUT2D eigenvalue weighted by molar-refractivity contribution is 6.10. The summed E-state index contributed by atoms with van der Waals surface area (Å²) in [6, 6.07) is 64.2. The van der Waals surface area contributed by atoms with Gasteiger partial charge in [0, 0.05) is 38.9 Å². The maximum Gasteiger partial charge on any atom is 0.0517 e. The average Bonchev–Trinajstić information content (AvgIpc) is 3.49. The molecule has 2 nitrogen and oxygen atoms in total. The lowest BCUT2D eigenvalue weighted by molar-refractivity contribution is 0.423. The van der Waals surface area contributed by atoms with Crippen molar-refractivity contribution in [1.29, 1.82) is 0 Å². The zero-order valence-corrected chi connectivity index (χ0v) is 28.6. The first-order chi connectivity index (χ1) is 24.4. The standard InChI is InChI=1S/C48H38N2/c1-48(2,3)50-45-20-12-11-19-43(45)44-30-28-40(32-46(44)50)49(39-27-21-33-13-7-8-17-37(33)31-39)38-25-22-35(23-26-38)42-29-24-34-14-9-10-18-41(34)47(42)36-15-5-4-6-16-36/h4-32H,1-3H3. The molecular weight excluding hydrogens is 605 g/mol. The Balaban J connectivity index is 1.23. The van der Waals surface area contributed by atoms with Gasteiger partial charge in [0.25, 0.3) is 0 Å². The maximum atomic E-state index is 2.49. The molecule has 0 aliphatic rings. The Labute approximate surface area is 293 Å². The molecule has 0 bridgehead atoms. The number of rotatable bonds is 5. The third-order valence-electron chi connectivity index (χ3n) is 10.0. The van der Waals surface area contributed by atoms with Gasteiger partial charge < -0.3 is 9.47 Å². The minimum Gasteiger partial charge on any atom is -0.335 e. The molecule has 0 amide bonds. The molecule has 240 valence electrons. The summed E-state index contributed by atoms with van der Waals surface area (Å²) in [6.45, 7) is 6.88. The van der Waals surface area contributed by atoms with Gasteiger partial charge in [0.2, 0.25) is 0 Å². The monoisotopic (exact) mass is 642 g/mol. The molecule has 0 atom stereocenters. The molecule has 0 radical (unpaired) electrons. The second kappa shape index (κ2) is 11.8. The predicted molar refractivity (Wildman–Crippen MR) is 215 cm³/mol. The second-order valence-electron chi connectivity index (χ2n) is 14.2. The van der Waals surface area contributed by atoms with Crippen LogP contribution in [0.2, 0.25) is 0 Å². The van der Waals surface area contributed by atoms with Crippen molar-refractivity contribution in [3.8, 4) is 22.3 Å². The largest absolute Gasteiger partial charge is 0.335 e. The first-order valence-electron chi connectivity index (χ1n) is 17.4. The first-order valence-corrected chi connectivity index (χ1v) is 17.4. The second-order valence-corrected chi connectivity index (χ2v) is 14.2. The molecule has 0 fully saturated rings. The number of anilines is 3. The van der Waals surface area contributed by atoms with Crippen molar-refractivity contribution in [2.24, 2.45) is 0 Å².